The van der Waals surface area contributed by atoms with Gasteiger partial charge in [0.05, 0.1) is 40.0 Å². The molecule has 0 aromatic heterocycles. The highest BCUT2D eigenvalue weighted by Crippen LogP contribution is 2.43. The minimum absolute atomic E-state index is 0.566. The third-order valence-corrected chi connectivity index (χ3v) is 10.2. The smallest absolute Gasteiger partial charge is 0.343 e. The van der Waals surface area contributed by atoms with Crippen molar-refractivity contribution in [3.8, 4) is 103 Å². The topological polar surface area (TPSA) is 470 Å². The maximum absolute atomic E-state index is 13.8. The largest absolute Gasteiger partial charge is 0.504 e. The Bertz CT molecular complexity index is 3120. The Balaban J connectivity index is 1.18. The van der Waals surface area contributed by atoms with Crippen molar-refractivity contribution in [2.24, 2.45) is 0 Å². The Morgan fingerprint density at radius 3 is 0.865 bits per heavy atom. The quantitative estimate of drug-likeness (QED) is 0.0362. The Hall–Kier alpha value is -10.9. The summed E-state index contributed by atoms with van der Waals surface area (Å²) in [6.45, 7) is -0.854. The summed E-state index contributed by atoms with van der Waals surface area (Å²) in [6, 6.07) is 7.50. The minimum atomic E-state index is -2.17. The number of carbonyl (C=O) groups excluding carboxylic acids is 6. The second kappa shape index (κ2) is 19.8. The lowest BCUT2D eigenvalue weighted by Gasteiger charge is -2.23. The van der Waals surface area contributed by atoms with Gasteiger partial charge in [0.1, 0.15) is 0 Å². The molecule has 1 aliphatic rings. The zero-order chi connectivity index (χ0) is 54.2. The van der Waals surface area contributed by atoms with Crippen LogP contribution in [0.4, 0.5) is 0 Å². The predicted octanol–water partition coefficient (Wildman–Crippen LogP) is 2.89. The molecule has 384 valence electrons. The van der Waals surface area contributed by atoms with Gasteiger partial charge in [0.2, 0.25) is 29.6 Å². The molecule has 1 heterocycles. The number of rotatable bonds is 12. The zero-order valence-corrected chi connectivity index (χ0v) is 36.4. The summed E-state index contributed by atoms with van der Waals surface area (Å²) < 4.78 is 36.8. The third kappa shape index (κ3) is 10.3. The van der Waals surface area contributed by atoms with Crippen LogP contribution in [0.5, 0.6) is 103 Å². The van der Waals surface area contributed by atoms with Gasteiger partial charge in [-0.2, -0.15) is 0 Å². The summed E-state index contributed by atoms with van der Waals surface area (Å²) in [5.41, 5.74) is -4.11. The van der Waals surface area contributed by atoms with Crippen molar-refractivity contribution in [3.63, 3.8) is 0 Å². The molecule has 15 N–H and O–H groups in total. The van der Waals surface area contributed by atoms with Gasteiger partial charge in [-0.05, 0) is 72.8 Å². The summed E-state index contributed by atoms with van der Waals surface area (Å²) >= 11 is 0. The molecule has 0 spiro atoms. The molecule has 0 aliphatic carbocycles. The van der Waals surface area contributed by atoms with Crippen molar-refractivity contribution in [2.45, 2.75) is 18.5 Å². The summed E-state index contributed by atoms with van der Waals surface area (Å²) in [6.07, 6.45) is -6.19. The zero-order valence-electron chi connectivity index (χ0n) is 36.4. The number of hydrogen-bond donors (Lipinski definition) is 15. The monoisotopic (exact) mass is 1030 g/mol. The Morgan fingerprint density at radius 2 is 0.568 bits per heavy atom. The first-order valence-electron chi connectivity index (χ1n) is 20.2. The van der Waals surface area contributed by atoms with Crippen LogP contribution in [0.2, 0.25) is 0 Å². The second-order valence-electron chi connectivity index (χ2n) is 15.2. The van der Waals surface area contributed by atoms with E-state index in [4.69, 9.17) is 33.2 Å². The molecule has 1 fully saturated rings. The number of benzene rings is 6. The van der Waals surface area contributed by atoms with Gasteiger partial charge in [0.15, 0.2) is 92.3 Å². The number of aromatic hydroxyl groups is 15. The maximum atomic E-state index is 13.8. The lowest BCUT2D eigenvalue weighted by Crippen LogP contribution is -2.40. The lowest BCUT2D eigenvalue weighted by atomic mass is 10.1. The highest BCUT2D eigenvalue weighted by Gasteiger charge is 2.46. The van der Waals surface area contributed by atoms with E-state index in [1.165, 1.54) is 0 Å². The Labute approximate surface area is 408 Å². The van der Waals surface area contributed by atoms with Crippen molar-refractivity contribution >= 4 is 35.8 Å². The van der Waals surface area contributed by atoms with E-state index in [0.29, 0.717) is 72.8 Å². The van der Waals surface area contributed by atoms with Crippen LogP contribution >= 0.6 is 0 Å². The number of phenols is 15. The minimum Gasteiger partial charge on any atom is -0.504 e. The Morgan fingerprint density at radius 1 is 0.324 bits per heavy atom. The lowest BCUT2D eigenvalue weighted by molar-refractivity contribution is -0.125. The number of ether oxygens (including phenoxy) is 7. The molecule has 0 amide bonds. The highest BCUT2D eigenvalue weighted by molar-refractivity contribution is 5.97. The van der Waals surface area contributed by atoms with Crippen LogP contribution in [-0.2, 0) is 18.9 Å². The van der Waals surface area contributed by atoms with Gasteiger partial charge in [0, 0.05) is 0 Å². The maximum Gasteiger partial charge on any atom is 0.343 e. The SMILES string of the molecule is O=C(Oc1cc(C(=O)OC2COC(OC(=O)c3cc(O)c(O)c(OC(=O)c4cc(O)c(O)c(O)c4)c3)C2OC(=O)c2cc(O)c(O)c(OC(=O)c3cc(O)c(O)c(O)c3)c2)cc(O)c1O)c1cc(O)c(O)c(O)c1. The van der Waals surface area contributed by atoms with Gasteiger partial charge < -0.3 is 110 Å². The number of carbonyl (C=O) groups is 6. The molecular weight excluding hydrogens is 1000 g/mol. The average Bonchev–Trinajstić information content (AvgIpc) is 3.70. The third-order valence-electron chi connectivity index (χ3n) is 10.2. The number of esters is 6. The van der Waals surface area contributed by atoms with Gasteiger partial charge in [0.25, 0.3) is 0 Å². The van der Waals surface area contributed by atoms with Crippen molar-refractivity contribution in [3.05, 3.63) is 106 Å². The number of phenolic OH excluding ortho intramolecular Hbond substituents is 15. The molecule has 1 aliphatic heterocycles. The molecule has 0 bridgehead atoms. The molecule has 6 aromatic carbocycles. The van der Waals surface area contributed by atoms with Crippen LogP contribution in [-0.4, -0.2) is 138 Å². The molecule has 1 saturated heterocycles. The van der Waals surface area contributed by atoms with E-state index in [2.05, 4.69) is 0 Å². The van der Waals surface area contributed by atoms with Crippen LogP contribution in [0.25, 0.3) is 0 Å². The average molecular weight is 1030 g/mol. The van der Waals surface area contributed by atoms with E-state index in [9.17, 15) is 105 Å². The highest BCUT2D eigenvalue weighted by atomic mass is 16.7. The first kappa shape index (κ1) is 51.0. The molecule has 6 aromatic rings. The van der Waals surface area contributed by atoms with Crippen molar-refractivity contribution in [1.82, 2.24) is 0 Å². The molecule has 7 rings (SSSR count). The van der Waals surface area contributed by atoms with Crippen molar-refractivity contribution < 1.29 is 139 Å². The fraction of sp³-hybridized carbons (Fsp3) is 0.0870. The number of hydrogen-bond acceptors (Lipinski definition) is 28. The molecule has 28 heteroatoms. The van der Waals surface area contributed by atoms with E-state index < -0.39 is 198 Å². The first-order valence-corrected chi connectivity index (χ1v) is 20.2. The van der Waals surface area contributed by atoms with Gasteiger partial charge in [-0.1, -0.05) is 0 Å². The van der Waals surface area contributed by atoms with E-state index >= 15 is 0 Å². The second-order valence-corrected chi connectivity index (χ2v) is 15.2. The Kier molecular flexibility index (Phi) is 13.7. The molecule has 74 heavy (non-hydrogen) atoms. The van der Waals surface area contributed by atoms with Crippen LogP contribution in [0.15, 0.2) is 72.8 Å². The first-order chi connectivity index (χ1) is 34.8. The van der Waals surface area contributed by atoms with Gasteiger partial charge >= 0.3 is 35.8 Å². The van der Waals surface area contributed by atoms with E-state index in [0.717, 1.165) is 0 Å². The van der Waals surface area contributed by atoms with Crippen LogP contribution in [0.1, 0.15) is 62.1 Å². The van der Waals surface area contributed by atoms with E-state index in [1.807, 2.05) is 0 Å². The summed E-state index contributed by atoms with van der Waals surface area (Å²) in [4.78, 5) is 79.7. The standard InChI is InChI=1S/C46H32O28/c47-20-1-14(2-21(48)33(20)56)40(62)69-29-10-17(7-26(53)36(29)59)43(65)72-32-13-68-46(74-45(67)19-9-28(55)38(61)31(12-19)71-42(64)16-5-24(51)35(58)25(52)6-16)39(32)73-44(66)18-8-27(54)37(60)30(11-18)70-41(63)15-3-22(49)34(57)23(50)4-15/h1-12,32,39,46-61H,13H2. The fourth-order valence-electron chi connectivity index (χ4n) is 6.47. The fourth-order valence-corrected chi connectivity index (χ4v) is 6.47. The van der Waals surface area contributed by atoms with E-state index in [1.54, 1.807) is 0 Å². The predicted molar refractivity (Wildman–Crippen MR) is 232 cm³/mol. The van der Waals surface area contributed by atoms with E-state index in [-0.39, 0.29) is 0 Å². The molecule has 28 nitrogen and oxygen atoms in total. The summed E-state index contributed by atoms with van der Waals surface area (Å²) in [5.74, 6) is -27.4. The van der Waals surface area contributed by atoms with Gasteiger partial charge in [-0.3, -0.25) is 0 Å². The summed E-state index contributed by atoms with van der Waals surface area (Å²) in [5, 5.41) is 151. The molecular formula is C46H32O28. The van der Waals surface area contributed by atoms with Crippen LogP contribution in [0.3, 0.4) is 0 Å². The van der Waals surface area contributed by atoms with Crippen LogP contribution < -0.4 is 14.2 Å². The molecule has 0 saturated carbocycles. The van der Waals surface area contributed by atoms with Crippen molar-refractivity contribution in [2.75, 3.05) is 6.61 Å². The van der Waals surface area contributed by atoms with Crippen LogP contribution in [0, 0.1) is 0 Å². The molecule has 3 atom stereocenters. The molecule has 0 radical (unpaired) electrons. The molecule has 3 unspecified atom stereocenters. The van der Waals surface area contributed by atoms with Gasteiger partial charge in [-0.25, -0.2) is 28.8 Å². The summed E-state index contributed by atoms with van der Waals surface area (Å²) in [7, 11) is 0. The van der Waals surface area contributed by atoms with Gasteiger partial charge in [-0.15, -0.1) is 0 Å². The normalized spacial score (nSPS) is 14.8. The van der Waals surface area contributed by atoms with Crippen molar-refractivity contribution in [1.29, 1.82) is 0 Å².